The Morgan fingerprint density at radius 3 is 2.82 bits per heavy atom. The highest BCUT2D eigenvalue weighted by Gasteiger charge is 2.32. The second-order valence-electron chi connectivity index (χ2n) is 5.85. The third kappa shape index (κ3) is 2.92. The van der Waals surface area contributed by atoms with Gasteiger partial charge in [0, 0.05) is 12.6 Å². The van der Waals surface area contributed by atoms with Crippen molar-refractivity contribution in [2.45, 2.75) is 38.3 Å². The predicted molar refractivity (Wildman–Crippen MR) is 83.5 cm³/mol. The monoisotopic (exact) mass is 299 g/mol. The number of nitrogens with zero attached hydrogens (tertiary/aromatic N) is 1. The fourth-order valence-electron chi connectivity index (χ4n) is 3.18. The van der Waals surface area contributed by atoms with E-state index < -0.39 is 6.10 Å². The Bertz CT molecular complexity index is 635. The van der Waals surface area contributed by atoms with Crippen molar-refractivity contribution in [3.63, 3.8) is 0 Å². The number of carbonyl (C=O) groups is 1. The maximum absolute atomic E-state index is 12.6. The van der Waals surface area contributed by atoms with Crippen LogP contribution >= 0.6 is 0 Å². The number of amides is 1. The highest BCUT2D eigenvalue weighted by atomic mass is 16.3. The first-order chi connectivity index (χ1) is 10.7. The number of aryl methyl sites for hydroxylation is 1. The molecule has 0 saturated carbocycles. The van der Waals surface area contributed by atoms with Gasteiger partial charge in [0.1, 0.15) is 5.76 Å². The fourth-order valence-corrected chi connectivity index (χ4v) is 3.18. The number of aliphatic hydroxyl groups excluding tert-OH is 1. The molecule has 1 aliphatic rings. The number of benzene rings is 1. The highest BCUT2D eigenvalue weighted by molar-refractivity contribution is 5.95. The Kier molecular flexibility index (Phi) is 4.29. The quantitative estimate of drug-likeness (QED) is 0.942. The van der Waals surface area contributed by atoms with Gasteiger partial charge in [0.2, 0.25) is 0 Å². The molecule has 0 bridgehead atoms. The third-order valence-electron chi connectivity index (χ3n) is 4.41. The van der Waals surface area contributed by atoms with Gasteiger partial charge in [-0.1, -0.05) is 30.3 Å². The number of furan rings is 1. The molecule has 0 aliphatic carbocycles. The Hall–Kier alpha value is -2.07. The van der Waals surface area contributed by atoms with E-state index in [1.807, 2.05) is 35.2 Å². The number of carbonyl (C=O) groups excluding carboxylic acids is 1. The van der Waals surface area contributed by atoms with E-state index in [2.05, 4.69) is 0 Å². The zero-order valence-electron chi connectivity index (χ0n) is 12.7. The van der Waals surface area contributed by atoms with Crippen LogP contribution in [0.4, 0.5) is 0 Å². The Labute approximate surface area is 130 Å². The third-order valence-corrected chi connectivity index (χ3v) is 4.41. The van der Waals surface area contributed by atoms with Crippen LogP contribution in [0.2, 0.25) is 0 Å². The average Bonchev–Trinajstić information content (AvgIpc) is 3.16. The van der Waals surface area contributed by atoms with Crippen molar-refractivity contribution in [3.8, 4) is 0 Å². The van der Waals surface area contributed by atoms with Gasteiger partial charge in [-0.3, -0.25) is 4.79 Å². The number of rotatable bonds is 4. The first-order valence-corrected chi connectivity index (χ1v) is 7.75. The molecule has 1 aliphatic heterocycles. The first kappa shape index (κ1) is 14.9. The Morgan fingerprint density at radius 2 is 2.14 bits per heavy atom. The lowest BCUT2D eigenvalue weighted by atomic mass is 10.0. The standard InChI is InChI=1S/C18H21NO3/c1-13-16(9-11-22-13)18(21)19-10-5-8-15(19)12-17(20)14-6-3-2-4-7-14/h2-4,6-7,9,11,15,17,20H,5,8,10,12H2,1H3/t15-,17-/m0/s1. The molecule has 22 heavy (non-hydrogen) atoms. The van der Waals surface area contributed by atoms with Crippen LogP contribution in [0.3, 0.4) is 0 Å². The van der Waals surface area contributed by atoms with Crippen LogP contribution in [-0.2, 0) is 0 Å². The molecule has 4 nitrogen and oxygen atoms in total. The molecule has 3 rings (SSSR count). The molecule has 1 N–H and O–H groups in total. The molecular weight excluding hydrogens is 278 g/mol. The zero-order valence-corrected chi connectivity index (χ0v) is 12.7. The normalized spacial score (nSPS) is 19.4. The molecule has 0 unspecified atom stereocenters. The van der Waals surface area contributed by atoms with Crippen molar-refractivity contribution in [2.75, 3.05) is 6.54 Å². The van der Waals surface area contributed by atoms with Crippen molar-refractivity contribution in [1.82, 2.24) is 4.90 Å². The molecule has 4 heteroatoms. The SMILES string of the molecule is Cc1occc1C(=O)N1CCC[C@H]1C[C@H](O)c1ccccc1. The second-order valence-corrected chi connectivity index (χ2v) is 5.85. The number of hydrogen-bond donors (Lipinski definition) is 1. The van der Waals surface area contributed by atoms with Gasteiger partial charge >= 0.3 is 0 Å². The molecule has 2 heterocycles. The smallest absolute Gasteiger partial charge is 0.257 e. The summed E-state index contributed by atoms with van der Waals surface area (Å²) in [5.41, 5.74) is 1.53. The predicted octanol–water partition coefficient (Wildman–Crippen LogP) is 3.32. The fraction of sp³-hybridized carbons (Fsp3) is 0.389. The summed E-state index contributed by atoms with van der Waals surface area (Å²) in [6.07, 6.45) is 3.51. The van der Waals surface area contributed by atoms with Crippen molar-refractivity contribution in [3.05, 3.63) is 59.5 Å². The lowest BCUT2D eigenvalue weighted by molar-refractivity contribution is 0.0665. The summed E-state index contributed by atoms with van der Waals surface area (Å²) in [4.78, 5) is 14.5. The van der Waals surface area contributed by atoms with Gasteiger partial charge in [0.05, 0.1) is 17.9 Å². The molecule has 1 amide bonds. The van der Waals surface area contributed by atoms with Gasteiger partial charge < -0.3 is 14.4 Å². The van der Waals surface area contributed by atoms with Crippen molar-refractivity contribution < 1.29 is 14.3 Å². The van der Waals surface area contributed by atoms with E-state index in [-0.39, 0.29) is 11.9 Å². The molecule has 116 valence electrons. The minimum atomic E-state index is -0.537. The number of likely N-dealkylation sites (tertiary alicyclic amines) is 1. The van der Waals surface area contributed by atoms with E-state index in [4.69, 9.17) is 4.42 Å². The lowest BCUT2D eigenvalue weighted by Crippen LogP contribution is -2.36. The van der Waals surface area contributed by atoms with E-state index in [1.165, 1.54) is 0 Å². The maximum Gasteiger partial charge on any atom is 0.257 e. The van der Waals surface area contributed by atoms with Crippen molar-refractivity contribution in [2.24, 2.45) is 0 Å². The second kappa shape index (κ2) is 6.36. The van der Waals surface area contributed by atoms with E-state index in [1.54, 1.807) is 19.3 Å². The van der Waals surface area contributed by atoms with Crippen LogP contribution < -0.4 is 0 Å². The molecule has 1 aromatic heterocycles. The topological polar surface area (TPSA) is 53.7 Å². The van der Waals surface area contributed by atoms with Crippen LogP contribution in [0.1, 0.15) is 47.0 Å². The van der Waals surface area contributed by atoms with Gasteiger partial charge in [-0.2, -0.15) is 0 Å². The van der Waals surface area contributed by atoms with E-state index in [9.17, 15) is 9.90 Å². The molecule has 1 aromatic carbocycles. The van der Waals surface area contributed by atoms with Crippen molar-refractivity contribution in [1.29, 1.82) is 0 Å². The molecular formula is C18H21NO3. The van der Waals surface area contributed by atoms with Gasteiger partial charge in [-0.15, -0.1) is 0 Å². The van der Waals surface area contributed by atoms with E-state index in [0.717, 1.165) is 24.9 Å². The summed E-state index contributed by atoms with van der Waals surface area (Å²) in [5, 5.41) is 10.4. The summed E-state index contributed by atoms with van der Waals surface area (Å²) in [6.45, 7) is 2.55. The molecule has 2 aromatic rings. The Balaban J connectivity index is 1.71. The lowest BCUT2D eigenvalue weighted by Gasteiger charge is -2.26. The van der Waals surface area contributed by atoms with Gasteiger partial charge in [0.25, 0.3) is 5.91 Å². The summed E-state index contributed by atoms with van der Waals surface area (Å²) in [5.74, 6) is 0.660. The van der Waals surface area contributed by atoms with Crippen LogP contribution in [0.25, 0.3) is 0 Å². The van der Waals surface area contributed by atoms with Crippen LogP contribution in [0, 0.1) is 6.92 Å². The minimum Gasteiger partial charge on any atom is -0.469 e. The van der Waals surface area contributed by atoms with Crippen LogP contribution in [-0.4, -0.2) is 28.5 Å². The molecule has 2 atom stereocenters. The number of hydrogen-bond acceptors (Lipinski definition) is 3. The summed E-state index contributed by atoms with van der Waals surface area (Å²) in [6, 6.07) is 11.4. The number of aliphatic hydroxyl groups is 1. The highest BCUT2D eigenvalue weighted by Crippen LogP contribution is 2.29. The maximum atomic E-state index is 12.6. The summed E-state index contributed by atoms with van der Waals surface area (Å²) < 4.78 is 5.23. The molecule has 1 saturated heterocycles. The molecule has 1 fully saturated rings. The molecule has 0 radical (unpaired) electrons. The largest absolute Gasteiger partial charge is 0.469 e. The van der Waals surface area contributed by atoms with Crippen LogP contribution in [0.15, 0.2) is 47.1 Å². The average molecular weight is 299 g/mol. The first-order valence-electron chi connectivity index (χ1n) is 7.75. The summed E-state index contributed by atoms with van der Waals surface area (Å²) in [7, 11) is 0. The van der Waals surface area contributed by atoms with Gasteiger partial charge in [-0.25, -0.2) is 0 Å². The molecule has 0 spiro atoms. The van der Waals surface area contributed by atoms with Gasteiger partial charge in [-0.05, 0) is 37.8 Å². The van der Waals surface area contributed by atoms with Crippen LogP contribution in [0.5, 0.6) is 0 Å². The Morgan fingerprint density at radius 1 is 1.36 bits per heavy atom. The van der Waals surface area contributed by atoms with E-state index in [0.29, 0.717) is 17.7 Å². The van der Waals surface area contributed by atoms with Crippen molar-refractivity contribution >= 4 is 5.91 Å². The minimum absolute atomic E-state index is 0.00834. The van der Waals surface area contributed by atoms with E-state index >= 15 is 0 Å². The van der Waals surface area contributed by atoms with Gasteiger partial charge in [0.15, 0.2) is 0 Å². The summed E-state index contributed by atoms with van der Waals surface area (Å²) >= 11 is 0. The zero-order chi connectivity index (χ0) is 15.5.